The van der Waals surface area contributed by atoms with Gasteiger partial charge in [-0.3, -0.25) is 0 Å². The zero-order valence-corrected chi connectivity index (χ0v) is 11.8. The smallest absolute Gasteiger partial charge is 0.319 e. The Balaban J connectivity index is 1.88. The minimum absolute atomic E-state index is 0.0595. The quantitative estimate of drug-likeness (QED) is 0.764. The van der Waals surface area contributed by atoms with Gasteiger partial charge in [0.1, 0.15) is 5.82 Å². The van der Waals surface area contributed by atoms with Gasteiger partial charge in [0.25, 0.3) is 0 Å². The lowest BCUT2D eigenvalue weighted by molar-refractivity contribution is 0.222. The molecule has 0 radical (unpaired) electrons. The van der Waals surface area contributed by atoms with Crippen molar-refractivity contribution in [3.8, 4) is 0 Å². The summed E-state index contributed by atoms with van der Waals surface area (Å²) >= 11 is 0. The molecule has 1 aromatic heterocycles. The number of carbonyl (C=O) groups is 1. The number of aromatic nitrogens is 1. The second-order valence-corrected chi connectivity index (χ2v) is 4.99. The first-order chi connectivity index (χ1) is 9.72. The van der Waals surface area contributed by atoms with E-state index in [0.29, 0.717) is 12.1 Å². The fraction of sp³-hybridized carbons (Fsp3) is 0.571. The summed E-state index contributed by atoms with van der Waals surface area (Å²) in [5.41, 5.74) is 0.651. The molecule has 0 aromatic carbocycles. The first-order valence-electron chi connectivity index (χ1n) is 7.12. The van der Waals surface area contributed by atoms with Crippen molar-refractivity contribution in [2.24, 2.45) is 0 Å². The molecule has 0 spiro atoms. The minimum atomic E-state index is -0.318. The lowest BCUT2D eigenvalue weighted by atomic mass is 10.2. The van der Waals surface area contributed by atoms with Crippen LogP contribution in [0.5, 0.6) is 0 Å². The van der Waals surface area contributed by atoms with E-state index in [-0.39, 0.29) is 18.7 Å². The van der Waals surface area contributed by atoms with E-state index in [2.05, 4.69) is 20.5 Å². The Labute approximate surface area is 119 Å². The average Bonchev–Trinajstić information content (AvgIpc) is 2.99. The maximum Gasteiger partial charge on any atom is 0.319 e. The van der Waals surface area contributed by atoms with E-state index < -0.39 is 0 Å². The van der Waals surface area contributed by atoms with Gasteiger partial charge in [-0.1, -0.05) is 6.92 Å². The summed E-state index contributed by atoms with van der Waals surface area (Å²) in [5, 5.41) is 14.5. The maximum absolute atomic E-state index is 11.7. The lowest BCUT2D eigenvalue weighted by Crippen LogP contribution is -2.39. The van der Waals surface area contributed by atoms with Crippen molar-refractivity contribution < 1.29 is 9.90 Å². The molecule has 3 N–H and O–H groups in total. The fourth-order valence-corrected chi connectivity index (χ4v) is 2.22. The first-order valence-corrected chi connectivity index (χ1v) is 7.12. The van der Waals surface area contributed by atoms with E-state index in [1.54, 1.807) is 6.20 Å². The number of amides is 2. The summed E-state index contributed by atoms with van der Waals surface area (Å²) in [4.78, 5) is 18.3. The van der Waals surface area contributed by atoms with Gasteiger partial charge in [-0.15, -0.1) is 0 Å². The molecule has 0 bridgehead atoms. The van der Waals surface area contributed by atoms with Gasteiger partial charge in [0, 0.05) is 13.1 Å². The number of urea groups is 1. The topological polar surface area (TPSA) is 77.5 Å². The lowest BCUT2D eigenvalue weighted by Gasteiger charge is -2.17. The average molecular weight is 278 g/mol. The second kappa shape index (κ2) is 7.09. The van der Waals surface area contributed by atoms with Crippen LogP contribution in [-0.4, -0.2) is 41.9 Å². The van der Waals surface area contributed by atoms with Gasteiger partial charge in [0.15, 0.2) is 0 Å². The molecule has 2 amide bonds. The number of nitrogens with one attached hydrogen (secondary N) is 2. The molecule has 6 heteroatoms. The molecule has 2 rings (SSSR count). The molecule has 0 aliphatic carbocycles. The third kappa shape index (κ3) is 3.84. The number of carbonyl (C=O) groups excluding carboxylic acids is 1. The number of hydrogen-bond donors (Lipinski definition) is 3. The number of rotatable bonds is 5. The third-order valence-corrected chi connectivity index (χ3v) is 3.48. The molecular weight excluding hydrogens is 256 g/mol. The van der Waals surface area contributed by atoms with Crippen LogP contribution in [-0.2, 0) is 0 Å². The van der Waals surface area contributed by atoms with Gasteiger partial charge >= 0.3 is 6.03 Å². The van der Waals surface area contributed by atoms with Crippen LogP contribution in [0.2, 0.25) is 0 Å². The Morgan fingerprint density at radius 1 is 1.45 bits per heavy atom. The third-order valence-electron chi connectivity index (χ3n) is 3.48. The van der Waals surface area contributed by atoms with Gasteiger partial charge in [-0.25, -0.2) is 9.78 Å². The molecule has 6 nitrogen and oxygen atoms in total. The molecule has 1 atom stereocenters. The number of anilines is 2. The van der Waals surface area contributed by atoms with Gasteiger partial charge in [-0.05, 0) is 31.4 Å². The predicted molar refractivity (Wildman–Crippen MR) is 79.0 cm³/mol. The largest absolute Gasteiger partial charge is 0.394 e. The van der Waals surface area contributed by atoms with Crippen molar-refractivity contribution in [3.05, 3.63) is 18.3 Å². The van der Waals surface area contributed by atoms with E-state index in [9.17, 15) is 4.79 Å². The van der Waals surface area contributed by atoms with Crippen LogP contribution in [0.1, 0.15) is 26.2 Å². The van der Waals surface area contributed by atoms with Crippen molar-refractivity contribution in [3.63, 3.8) is 0 Å². The molecule has 1 fully saturated rings. The predicted octanol–water partition coefficient (Wildman–Crippen LogP) is 1.57. The molecule has 2 heterocycles. The minimum Gasteiger partial charge on any atom is -0.394 e. The number of nitrogens with zero attached hydrogens (tertiary/aromatic N) is 2. The molecular formula is C14H22N4O2. The zero-order valence-electron chi connectivity index (χ0n) is 11.8. The number of aliphatic hydroxyl groups is 1. The van der Waals surface area contributed by atoms with E-state index >= 15 is 0 Å². The second-order valence-electron chi connectivity index (χ2n) is 4.99. The summed E-state index contributed by atoms with van der Waals surface area (Å²) < 4.78 is 0. The van der Waals surface area contributed by atoms with Crippen molar-refractivity contribution in [2.45, 2.75) is 32.2 Å². The molecule has 1 saturated heterocycles. The Kier molecular flexibility index (Phi) is 5.17. The van der Waals surface area contributed by atoms with Crippen LogP contribution in [0.3, 0.4) is 0 Å². The number of pyridine rings is 1. The summed E-state index contributed by atoms with van der Waals surface area (Å²) in [6, 6.07) is 3.23. The number of aliphatic hydroxyl groups excluding tert-OH is 1. The summed E-state index contributed by atoms with van der Waals surface area (Å²) in [6.45, 7) is 3.95. The van der Waals surface area contributed by atoms with Gasteiger partial charge in [0.2, 0.25) is 0 Å². The summed E-state index contributed by atoms with van der Waals surface area (Å²) in [7, 11) is 0. The van der Waals surface area contributed by atoms with Crippen LogP contribution in [0.15, 0.2) is 18.3 Å². The molecule has 110 valence electrons. The molecule has 1 aromatic rings. The highest BCUT2D eigenvalue weighted by molar-refractivity contribution is 5.89. The van der Waals surface area contributed by atoms with E-state index in [4.69, 9.17) is 5.11 Å². The standard InChI is InChI=1S/C14H22N4O2/c1-2-11(10-19)16-14(20)17-12-5-6-13(15-9-12)18-7-3-4-8-18/h5-6,9,11,19H,2-4,7-8,10H2,1H3,(H2,16,17,20). The van der Waals surface area contributed by atoms with Crippen molar-refractivity contribution in [1.82, 2.24) is 10.3 Å². The Morgan fingerprint density at radius 3 is 2.75 bits per heavy atom. The van der Waals surface area contributed by atoms with Gasteiger partial charge < -0.3 is 20.6 Å². The molecule has 1 aliphatic rings. The van der Waals surface area contributed by atoms with Gasteiger partial charge in [-0.2, -0.15) is 0 Å². The van der Waals surface area contributed by atoms with Crippen molar-refractivity contribution >= 4 is 17.5 Å². The SMILES string of the molecule is CCC(CO)NC(=O)Nc1ccc(N2CCCC2)nc1. The highest BCUT2D eigenvalue weighted by atomic mass is 16.3. The number of hydrogen-bond acceptors (Lipinski definition) is 4. The zero-order chi connectivity index (χ0) is 14.4. The van der Waals surface area contributed by atoms with Crippen LogP contribution >= 0.6 is 0 Å². The maximum atomic E-state index is 11.7. The molecule has 1 aliphatic heterocycles. The van der Waals surface area contributed by atoms with Crippen LogP contribution in [0, 0.1) is 0 Å². The highest BCUT2D eigenvalue weighted by Gasteiger charge is 2.13. The van der Waals surface area contributed by atoms with Crippen molar-refractivity contribution in [2.75, 3.05) is 29.9 Å². The molecule has 20 heavy (non-hydrogen) atoms. The fourth-order valence-electron chi connectivity index (χ4n) is 2.22. The Hall–Kier alpha value is -1.82. The summed E-state index contributed by atoms with van der Waals surface area (Å²) in [5.74, 6) is 0.954. The van der Waals surface area contributed by atoms with E-state index in [1.165, 1.54) is 12.8 Å². The van der Waals surface area contributed by atoms with Gasteiger partial charge in [0.05, 0.1) is 24.5 Å². The van der Waals surface area contributed by atoms with E-state index in [0.717, 1.165) is 18.9 Å². The van der Waals surface area contributed by atoms with Crippen molar-refractivity contribution in [1.29, 1.82) is 0 Å². The van der Waals surface area contributed by atoms with E-state index in [1.807, 2.05) is 19.1 Å². The molecule has 1 unspecified atom stereocenters. The van der Waals surface area contributed by atoms with Crippen LogP contribution in [0.4, 0.5) is 16.3 Å². The Morgan fingerprint density at radius 2 is 2.20 bits per heavy atom. The highest BCUT2D eigenvalue weighted by Crippen LogP contribution is 2.18. The Bertz CT molecular complexity index is 425. The summed E-state index contributed by atoms with van der Waals surface area (Å²) in [6.07, 6.45) is 4.77. The monoisotopic (exact) mass is 278 g/mol. The van der Waals surface area contributed by atoms with Crippen LogP contribution in [0.25, 0.3) is 0 Å². The van der Waals surface area contributed by atoms with Crippen LogP contribution < -0.4 is 15.5 Å². The normalized spacial score (nSPS) is 16.0. The first kappa shape index (κ1) is 14.6. The molecule has 0 saturated carbocycles.